The van der Waals surface area contributed by atoms with Crippen molar-refractivity contribution in [3.05, 3.63) is 46.2 Å². The summed E-state index contributed by atoms with van der Waals surface area (Å²) in [6.07, 6.45) is 6.75. The molecule has 0 saturated carbocycles. The second-order valence-corrected chi connectivity index (χ2v) is 5.18. The molecule has 2 aromatic rings. The lowest BCUT2D eigenvalue weighted by atomic mass is 10.3. The van der Waals surface area contributed by atoms with Gasteiger partial charge in [0.2, 0.25) is 5.91 Å². The number of nitrogens with one attached hydrogen (secondary N) is 1. The largest absolute Gasteiger partial charge is 0.392 e. The molecule has 6 heteroatoms. The number of imidazole rings is 1. The third-order valence-corrected chi connectivity index (χ3v) is 3.79. The van der Waals surface area contributed by atoms with Crippen molar-refractivity contribution >= 4 is 23.3 Å². The van der Waals surface area contributed by atoms with Gasteiger partial charge in [0, 0.05) is 23.7 Å². The van der Waals surface area contributed by atoms with Crippen LogP contribution in [-0.4, -0.2) is 20.6 Å². The van der Waals surface area contributed by atoms with Gasteiger partial charge in [0.25, 0.3) is 0 Å². The summed E-state index contributed by atoms with van der Waals surface area (Å²) in [4.78, 5) is 16.7. The summed E-state index contributed by atoms with van der Waals surface area (Å²) >= 11 is 1.50. The van der Waals surface area contributed by atoms with Crippen LogP contribution in [0.3, 0.4) is 0 Å². The number of hydrogen-bond acceptors (Lipinski definition) is 4. The number of aliphatic hydroxyl groups is 1. The number of carbonyl (C=O) groups excluding carboxylic acids is 1. The Hall–Kier alpha value is -1.92. The molecule has 5 nitrogen and oxygen atoms in total. The van der Waals surface area contributed by atoms with E-state index in [0.29, 0.717) is 6.54 Å². The van der Waals surface area contributed by atoms with Gasteiger partial charge in [0.15, 0.2) is 0 Å². The van der Waals surface area contributed by atoms with Crippen LogP contribution >= 0.6 is 11.3 Å². The summed E-state index contributed by atoms with van der Waals surface area (Å²) < 4.78 is 1.98. The Balaban J connectivity index is 1.86. The van der Waals surface area contributed by atoms with Crippen molar-refractivity contribution < 1.29 is 9.90 Å². The topological polar surface area (TPSA) is 67.2 Å². The maximum atomic E-state index is 11.7. The lowest BCUT2D eigenvalue weighted by Crippen LogP contribution is -2.21. The van der Waals surface area contributed by atoms with Gasteiger partial charge in [0.1, 0.15) is 0 Å². The van der Waals surface area contributed by atoms with Crippen LogP contribution in [0.15, 0.2) is 30.0 Å². The van der Waals surface area contributed by atoms with Gasteiger partial charge < -0.3 is 15.0 Å². The first-order chi connectivity index (χ1) is 9.72. The van der Waals surface area contributed by atoms with Crippen molar-refractivity contribution in [1.82, 2.24) is 14.9 Å². The zero-order valence-electron chi connectivity index (χ0n) is 11.2. The van der Waals surface area contributed by atoms with Crippen LogP contribution in [0.2, 0.25) is 0 Å². The fourth-order valence-corrected chi connectivity index (χ4v) is 2.54. The zero-order valence-corrected chi connectivity index (χ0v) is 12.1. The quantitative estimate of drug-likeness (QED) is 0.797. The molecule has 0 aromatic carbocycles. The van der Waals surface area contributed by atoms with Crippen LogP contribution in [0.1, 0.15) is 23.1 Å². The summed E-state index contributed by atoms with van der Waals surface area (Å²) in [7, 11) is 0. The molecule has 2 N–H and O–H groups in total. The van der Waals surface area contributed by atoms with Gasteiger partial charge in [-0.05, 0) is 30.0 Å². The van der Waals surface area contributed by atoms with Crippen LogP contribution < -0.4 is 5.32 Å². The normalized spacial score (nSPS) is 11.1. The van der Waals surface area contributed by atoms with E-state index >= 15 is 0 Å². The van der Waals surface area contributed by atoms with Crippen molar-refractivity contribution in [2.24, 2.45) is 0 Å². The van der Waals surface area contributed by atoms with Crippen LogP contribution in [0.25, 0.3) is 6.08 Å². The second kappa shape index (κ2) is 7.02. The SMILES string of the molecule is CCn1cncc1CNC(=O)/C=C/c1cc(CO)cs1. The first-order valence-corrected chi connectivity index (χ1v) is 7.24. The van der Waals surface area contributed by atoms with E-state index in [1.165, 1.54) is 17.4 Å². The van der Waals surface area contributed by atoms with E-state index in [1.807, 2.05) is 22.9 Å². The molecule has 0 radical (unpaired) electrons. The van der Waals surface area contributed by atoms with Gasteiger partial charge in [-0.15, -0.1) is 11.3 Å². The lowest BCUT2D eigenvalue weighted by molar-refractivity contribution is -0.116. The Kier molecular flexibility index (Phi) is 5.09. The highest BCUT2D eigenvalue weighted by Crippen LogP contribution is 2.15. The summed E-state index contributed by atoms with van der Waals surface area (Å²) in [5.74, 6) is -0.146. The molecule has 0 aliphatic carbocycles. The molecule has 1 amide bonds. The molecular weight excluding hydrogens is 274 g/mol. The van der Waals surface area contributed by atoms with E-state index in [4.69, 9.17) is 5.11 Å². The standard InChI is InChI=1S/C14H17N3O2S/c1-2-17-10-15-6-12(17)7-16-14(19)4-3-13-5-11(8-18)9-20-13/h3-6,9-10,18H,2,7-8H2,1H3,(H,16,19)/b4-3+. The maximum absolute atomic E-state index is 11.7. The Morgan fingerprint density at radius 2 is 2.45 bits per heavy atom. The van der Waals surface area contributed by atoms with Gasteiger partial charge in [-0.25, -0.2) is 4.98 Å². The van der Waals surface area contributed by atoms with Crippen LogP contribution in [0, 0.1) is 0 Å². The molecule has 0 aliphatic heterocycles. The third kappa shape index (κ3) is 3.79. The minimum atomic E-state index is -0.146. The number of aryl methyl sites for hydroxylation is 1. The first-order valence-electron chi connectivity index (χ1n) is 6.36. The van der Waals surface area contributed by atoms with Crippen LogP contribution in [0.4, 0.5) is 0 Å². The number of thiophene rings is 1. The molecule has 2 heterocycles. The van der Waals surface area contributed by atoms with E-state index in [2.05, 4.69) is 10.3 Å². The fraction of sp³-hybridized carbons (Fsp3) is 0.286. The second-order valence-electron chi connectivity index (χ2n) is 4.24. The monoisotopic (exact) mass is 291 g/mol. The molecule has 0 fully saturated rings. The molecule has 0 aliphatic rings. The molecule has 2 aromatic heterocycles. The van der Waals surface area contributed by atoms with Crippen molar-refractivity contribution in [2.45, 2.75) is 26.6 Å². The van der Waals surface area contributed by atoms with E-state index in [-0.39, 0.29) is 12.5 Å². The third-order valence-electron chi connectivity index (χ3n) is 2.84. The average molecular weight is 291 g/mol. The summed E-state index contributed by atoms with van der Waals surface area (Å²) in [5, 5.41) is 13.7. The minimum absolute atomic E-state index is 0.0253. The van der Waals surface area contributed by atoms with Crippen LogP contribution in [0.5, 0.6) is 0 Å². The number of aliphatic hydroxyl groups excluding tert-OH is 1. The maximum Gasteiger partial charge on any atom is 0.244 e. The lowest BCUT2D eigenvalue weighted by Gasteiger charge is -2.05. The van der Waals surface area contributed by atoms with E-state index in [1.54, 1.807) is 18.6 Å². The smallest absolute Gasteiger partial charge is 0.244 e. The Labute approximate surface area is 121 Å². The van der Waals surface area contributed by atoms with Crippen molar-refractivity contribution in [1.29, 1.82) is 0 Å². The Morgan fingerprint density at radius 3 is 3.15 bits per heavy atom. The van der Waals surface area contributed by atoms with E-state index < -0.39 is 0 Å². The molecule has 0 atom stereocenters. The number of aromatic nitrogens is 2. The molecule has 2 rings (SSSR count). The highest BCUT2D eigenvalue weighted by Gasteiger charge is 2.02. The van der Waals surface area contributed by atoms with Gasteiger partial charge in [0.05, 0.1) is 25.2 Å². The van der Waals surface area contributed by atoms with Gasteiger partial charge in [-0.3, -0.25) is 4.79 Å². The molecule has 0 unspecified atom stereocenters. The number of nitrogens with zero attached hydrogens (tertiary/aromatic N) is 2. The van der Waals surface area contributed by atoms with Gasteiger partial charge in [-0.2, -0.15) is 0 Å². The molecule has 0 spiro atoms. The molecule has 0 saturated heterocycles. The van der Waals surface area contributed by atoms with Gasteiger partial charge in [-0.1, -0.05) is 0 Å². The number of hydrogen-bond donors (Lipinski definition) is 2. The first kappa shape index (κ1) is 14.5. The Morgan fingerprint density at radius 1 is 1.60 bits per heavy atom. The van der Waals surface area contributed by atoms with Crippen molar-refractivity contribution in [2.75, 3.05) is 0 Å². The number of amides is 1. The number of carbonyl (C=O) groups is 1. The summed E-state index contributed by atoms with van der Waals surface area (Å²) in [6.45, 7) is 3.35. The van der Waals surface area contributed by atoms with E-state index in [0.717, 1.165) is 22.7 Å². The van der Waals surface area contributed by atoms with Gasteiger partial charge >= 0.3 is 0 Å². The predicted octanol–water partition coefficient (Wildman–Crippen LogP) is 1.79. The number of rotatable bonds is 6. The molecule has 20 heavy (non-hydrogen) atoms. The highest BCUT2D eigenvalue weighted by molar-refractivity contribution is 7.11. The van der Waals surface area contributed by atoms with Crippen molar-refractivity contribution in [3.63, 3.8) is 0 Å². The van der Waals surface area contributed by atoms with Crippen molar-refractivity contribution in [3.8, 4) is 0 Å². The summed E-state index contributed by atoms with van der Waals surface area (Å²) in [6, 6.07) is 1.86. The molecule has 0 bridgehead atoms. The van der Waals surface area contributed by atoms with E-state index in [9.17, 15) is 4.79 Å². The predicted molar refractivity (Wildman–Crippen MR) is 79.0 cm³/mol. The molecule has 106 valence electrons. The highest BCUT2D eigenvalue weighted by atomic mass is 32.1. The minimum Gasteiger partial charge on any atom is -0.392 e. The fourth-order valence-electron chi connectivity index (χ4n) is 1.74. The molecular formula is C14H17N3O2S. The Bertz CT molecular complexity index is 601. The zero-order chi connectivity index (χ0) is 14.4. The average Bonchev–Trinajstić information content (AvgIpc) is 3.11. The van der Waals surface area contributed by atoms with Crippen LogP contribution in [-0.2, 0) is 24.5 Å². The summed E-state index contributed by atoms with van der Waals surface area (Å²) in [5.41, 5.74) is 1.84.